The number of morpholine rings is 1. The molecule has 1 fully saturated rings. The summed E-state index contributed by atoms with van der Waals surface area (Å²) in [5.74, 6) is 1.36. The van der Waals surface area contributed by atoms with Crippen LogP contribution in [0.3, 0.4) is 0 Å². The zero-order valence-electron chi connectivity index (χ0n) is 15.9. The van der Waals surface area contributed by atoms with E-state index in [1.165, 1.54) is 6.33 Å². The lowest BCUT2D eigenvalue weighted by molar-refractivity contribution is -0.127. The van der Waals surface area contributed by atoms with Gasteiger partial charge in [0.1, 0.15) is 24.5 Å². The predicted octanol–water partition coefficient (Wildman–Crippen LogP) is 2.58. The van der Waals surface area contributed by atoms with Crippen molar-refractivity contribution in [1.82, 2.24) is 15.3 Å². The number of ether oxygens (including phenoxy) is 3. The Balaban J connectivity index is 1.42. The molecule has 0 radical (unpaired) electrons. The maximum Gasteiger partial charge on any atom is 0.260 e. The Labute approximate surface area is 179 Å². The highest BCUT2D eigenvalue weighted by Crippen LogP contribution is 2.28. The van der Waals surface area contributed by atoms with E-state index in [9.17, 15) is 4.79 Å². The first-order valence-electron chi connectivity index (χ1n) is 9.20. The molecular weight excluding hydrogens is 419 g/mol. The maximum atomic E-state index is 12.2. The Morgan fingerprint density at radius 1 is 1.28 bits per heavy atom. The number of carbonyl (C=O) groups excluding carboxylic acids is 1. The number of hydrogen-bond donors (Lipinski definition) is 1. The van der Waals surface area contributed by atoms with Crippen molar-refractivity contribution in [1.29, 1.82) is 0 Å². The van der Waals surface area contributed by atoms with Crippen LogP contribution in [-0.4, -0.2) is 61.4 Å². The van der Waals surface area contributed by atoms with Gasteiger partial charge in [-0.15, -0.1) is 0 Å². The third-order valence-corrected chi connectivity index (χ3v) is 4.71. The molecule has 29 heavy (non-hydrogen) atoms. The number of carbonyl (C=O) groups is 1. The minimum Gasteiger partial charge on any atom is -0.479 e. The standard InChI is InChI=1S/C19H22Cl2N4O4/c1-13(29-16-3-2-14(20)10-15(16)21)19(26)22-4-7-28-18-11-17(23-12-24-18)25-5-8-27-9-6-25/h2-3,10-13H,4-9H2,1H3,(H,22,26)/t13-/m0/s1. The molecule has 10 heteroatoms. The second-order valence-corrected chi connectivity index (χ2v) is 7.13. The Kier molecular flexibility index (Phi) is 7.74. The molecule has 156 valence electrons. The second-order valence-electron chi connectivity index (χ2n) is 6.29. The minimum atomic E-state index is -0.722. The summed E-state index contributed by atoms with van der Waals surface area (Å²) in [6.07, 6.45) is 0.741. The molecule has 8 nitrogen and oxygen atoms in total. The number of amides is 1. The van der Waals surface area contributed by atoms with Gasteiger partial charge in [0.25, 0.3) is 5.91 Å². The summed E-state index contributed by atoms with van der Waals surface area (Å²) in [5, 5.41) is 3.60. The lowest BCUT2D eigenvalue weighted by Crippen LogP contribution is -2.38. The first kappa shape index (κ1) is 21.4. The van der Waals surface area contributed by atoms with Gasteiger partial charge >= 0.3 is 0 Å². The molecule has 1 amide bonds. The fourth-order valence-corrected chi connectivity index (χ4v) is 3.12. The smallest absolute Gasteiger partial charge is 0.260 e. The van der Waals surface area contributed by atoms with E-state index in [1.54, 1.807) is 31.2 Å². The lowest BCUT2D eigenvalue weighted by Gasteiger charge is -2.27. The van der Waals surface area contributed by atoms with E-state index < -0.39 is 6.10 Å². The summed E-state index contributed by atoms with van der Waals surface area (Å²) in [4.78, 5) is 22.7. The number of anilines is 1. The van der Waals surface area contributed by atoms with Crippen LogP contribution in [0.1, 0.15) is 6.92 Å². The van der Waals surface area contributed by atoms with Gasteiger partial charge in [0.2, 0.25) is 5.88 Å². The zero-order chi connectivity index (χ0) is 20.6. The SMILES string of the molecule is C[C@H](Oc1ccc(Cl)cc1Cl)C(=O)NCCOc1cc(N2CCOCC2)ncn1. The predicted molar refractivity (Wildman–Crippen MR) is 110 cm³/mol. The van der Waals surface area contributed by atoms with Gasteiger partial charge in [-0.25, -0.2) is 9.97 Å². The Morgan fingerprint density at radius 3 is 2.83 bits per heavy atom. The first-order chi connectivity index (χ1) is 14.0. The molecule has 3 rings (SSSR count). The monoisotopic (exact) mass is 440 g/mol. The number of nitrogens with one attached hydrogen (secondary N) is 1. The van der Waals surface area contributed by atoms with Gasteiger partial charge in [0.05, 0.1) is 24.8 Å². The van der Waals surface area contributed by atoms with Crippen LogP contribution < -0.4 is 19.7 Å². The van der Waals surface area contributed by atoms with Gasteiger partial charge in [-0.2, -0.15) is 0 Å². The van der Waals surface area contributed by atoms with Crippen LogP contribution in [0.5, 0.6) is 11.6 Å². The van der Waals surface area contributed by atoms with E-state index in [0.717, 1.165) is 18.9 Å². The number of aromatic nitrogens is 2. The van der Waals surface area contributed by atoms with Crippen molar-refractivity contribution in [2.45, 2.75) is 13.0 Å². The fraction of sp³-hybridized carbons (Fsp3) is 0.421. The summed E-state index contributed by atoms with van der Waals surface area (Å²) < 4.78 is 16.5. The number of rotatable bonds is 8. The largest absolute Gasteiger partial charge is 0.479 e. The molecular formula is C19H22Cl2N4O4. The van der Waals surface area contributed by atoms with Crippen LogP contribution in [0.15, 0.2) is 30.6 Å². The molecule has 1 N–H and O–H groups in total. The molecule has 1 aliphatic heterocycles. The van der Waals surface area contributed by atoms with E-state index in [2.05, 4.69) is 20.2 Å². The van der Waals surface area contributed by atoms with Crippen molar-refractivity contribution >= 4 is 34.9 Å². The molecule has 0 bridgehead atoms. The summed E-state index contributed by atoms with van der Waals surface area (Å²) in [5.41, 5.74) is 0. The number of benzene rings is 1. The number of nitrogens with zero attached hydrogens (tertiary/aromatic N) is 3. The van der Waals surface area contributed by atoms with Crippen molar-refractivity contribution < 1.29 is 19.0 Å². The van der Waals surface area contributed by atoms with Crippen LogP contribution in [0, 0.1) is 0 Å². The van der Waals surface area contributed by atoms with E-state index in [0.29, 0.717) is 41.4 Å². The topological polar surface area (TPSA) is 85.8 Å². The van der Waals surface area contributed by atoms with Crippen LogP contribution in [0.4, 0.5) is 5.82 Å². The average molecular weight is 441 g/mol. The molecule has 0 spiro atoms. The fourth-order valence-electron chi connectivity index (χ4n) is 2.66. The molecule has 2 aromatic rings. The highest BCUT2D eigenvalue weighted by Gasteiger charge is 2.16. The minimum absolute atomic E-state index is 0.264. The first-order valence-corrected chi connectivity index (χ1v) is 9.95. The average Bonchev–Trinajstić information content (AvgIpc) is 2.74. The van der Waals surface area contributed by atoms with Crippen LogP contribution in [0.2, 0.25) is 10.0 Å². The second kappa shape index (κ2) is 10.5. The van der Waals surface area contributed by atoms with Gasteiger partial charge in [-0.1, -0.05) is 23.2 Å². The van der Waals surface area contributed by atoms with Crippen molar-refractivity contribution in [3.8, 4) is 11.6 Å². The highest BCUT2D eigenvalue weighted by atomic mass is 35.5. The van der Waals surface area contributed by atoms with E-state index >= 15 is 0 Å². The van der Waals surface area contributed by atoms with Crippen LogP contribution in [-0.2, 0) is 9.53 Å². The van der Waals surface area contributed by atoms with E-state index in [1.807, 2.05) is 0 Å². The summed E-state index contributed by atoms with van der Waals surface area (Å²) in [6.45, 7) is 5.11. The lowest BCUT2D eigenvalue weighted by atomic mass is 10.3. The van der Waals surface area contributed by atoms with Gasteiger partial charge < -0.3 is 24.4 Å². The van der Waals surface area contributed by atoms with Gasteiger partial charge in [0, 0.05) is 24.2 Å². The van der Waals surface area contributed by atoms with Gasteiger partial charge in [-0.05, 0) is 25.1 Å². The summed E-state index contributed by atoms with van der Waals surface area (Å²) in [6, 6.07) is 6.61. The third kappa shape index (κ3) is 6.35. The molecule has 1 aromatic heterocycles. The van der Waals surface area contributed by atoms with E-state index in [4.69, 9.17) is 37.4 Å². The molecule has 1 saturated heterocycles. The third-order valence-electron chi connectivity index (χ3n) is 4.18. The van der Waals surface area contributed by atoms with Crippen LogP contribution in [0.25, 0.3) is 0 Å². The van der Waals surface area contributed by atoms with Crippen molar-refractivity contribution in [3.05, 3.63) is 40.6 Å². The molecule has 1 aliphatic rings. The Morgan fingerprint density at radius 2 is 2.07 bits per heavy atom. The summed E-state index contributed by atoms with van der Waals surface area (Å²) in [7, 11) is 0. The van der Waals surface area contributed by atoms with Gasteiger partial charge in [-0.3, -0.25) is 4.79 Å². The molecule has 1 aromatic carbocycles. The number of halogens is 2. The van der Waals surface area contributed by atoms with Gasteiger partial charge in [0.15, 0.2) is 6.10 Å². The molecule has 2 heterocycles. The molecule has 0 unspecified atom stereocenters. The Bertz CT molecular complexity index is 834. The molecule has 0 saturated carbocycles. The molecule has 0 aliphatic carbocycles. The van der Waals surface area contributed by atoms with Crippen LogP contribution >= 0.6 is 23.2 Å². The normalized spacial score (nSPS) is 14.9. The molecule has 1 atom stereocenters. The Hall–Kier alpha value is -2.29. The van der Waals surface area contributed by atoms with Crippen molar-refractivity contribution in [2.75, 3.05) is 44.4 Å². The maximum absolute atomic E-state index is 12.2. The summed E-state index contributed by atoms with van der Waals surface area (Å²) >= 11 is 11.9. The number of hydrogen-bond acceptors (Lipinski definition) is 7. The highest BCUT2D eigenvalue weighted by molar-refractivity contribution is 6.35. The quantitative estimate of drug-likeness (QED) is 0.631. The zero-order valence-corrected chi connectivity index (χ0v) is 17.4. The van der Waals surface area contributed by atoms with Crippen molar-refractivity contribution in [2.24, 2.45) is 0 Å². The van der Waals surface area contributed by atoms with E-state index in [-0.39, 0.29) is 12.5 Å². The van der Waals surface area contributed by atoms with Crippen molar-refractivity contribution in [3.63, 3.8) is 0 Å².